The molecule has 0 bridgehead atoms. The van der Waals surface area contributed by atoms with Crippen LogP contribution in [0.4, 0.5) is 4.39 Å². The fourth-order valence-electron chi connectivity index (χ4n) is 3.27. The Morgan fingerprint density at radius 3 is 2.30 bits per heavy atom. The molecule has 1 N–H and O–H groups in total. The molecule has 23 heavy (non-hydrogen) atoms. The Balaban J connectivity index is 1.72. The Morgan fingerprint density at radius 1 is 1.04 bits per heavy atom. The van der Waals surface area contributed by atoms with Crippen molar-refractivity contribution < 1.29 is 9.50 Å². The van der Waals surface area contributed by atoms with Gasteiger partial charge in [0, 0.05) is 31.4 Å². The van der Waals surface area contributed by atoms with Crippen molar-refractivity contribution in [2.24, 2.45) is 0 Å². The van der Waals surface area contributed by atoms with Crippen molar-refractivity contribution >= 4 is 0 Å². The van der Waals surface area contributed by atoms with Crippen molar-refractivity contribution in [2.45, 2.75) is 31.3 Å². The molecule has 1 unspecified atom stereocenters. The van der Waals surface area contributed by atoms with E-state index in [1.165, 1.54) is 17.7 Å². The number of piperidine rings is 1. The summed E-state index contributed by atoms with van der Waals surface area (Å²) < 4.78 is 13.2. The molecule has 1 aromatic carbocycles. The predicted molar refractivity (Wildman–Crippen MR) is 88.8 cm³/mol. The summed E-state index contributed by atoms with van der Waals surface area (Å²) >= 11 is 0. The van der Waals surface area contributed by atoms with Crippen molar-refractivity contribution in [3.05, 3.63) is 65.7 Å². The molecule has 0 spiro atoms. The minimum atomic E-state index is -0.202. The fraction of sp³-hybridized carbons (Fsp3) is 0.421. The number of aliphatic hydroxyl groups is 1. The number of aromatic nitrogens is 1. The lowest BCUT2D eigenvalue weighted by Crippen LogP contribution is -2.36. The highest BCUT2D eigenvalue weighted by Gasteiger charge is 2.20. The van der Waals surface area contributed by atoms with Crippen LogP contribution in [0.1, 0.15) is 36.3 Å². The van der Waals surface area contributed by atoms with E-state index in [1.54, 1.807) is 0 Å². The molecule has 1 fully saturated rings. The third-order valence-electron chi connectivity index (χ3n) is 4.67. The average Bonchev–Trinajstić information content (AvgIpc) is 2.59. The minimum Gasteiger partial charge on any atom is -0.393 e. The van der Waals surface area contributed by atoms with Crippen LogP contribution in [-0.4, -0.2) is 40.7 Å². The number of hydrogen-bond donors (Lipinski definition) is 1. The summed E-state index contributed by atoms with van der Waals surface area (Å²) in [5, 5.41) is 9.62. The first-order valence-electron chi connectivity index (χ1n) is 8.28. The predicted octanol–water partition coefficient (Wildman–Crippen LogP) is 3.20. The Bertz CT molecular complexity index is 595. The third-order valence-corrected chi connectivity index (χ3v) is 4.67. The molecule has 1 saturated heterocycles. The number of benzene rings is 1. The molecule has 4 heteroatoms. The molecule has 3 nitrogen and oxygen atoms in total. The smallest absolute Gasteiger partial charge is 0.123 e. The van der Waals surface area contributed by atoms with Crippen molar-refractivity contribution in [1.29, 1.82) is 0 Å². The largest absolute Gasteiger partial charge is 0.393 e. The molecule has 122 valence electrons. The molecule has 1 aliphatic heterocycles. The van der Waals surface area contributed by atoms with Gasteiger partial charge >= 0.3 is 0 Å². The fourth-order valence-corrected chi connectivity index (χ4v) is 3.27. The molecule has 1 aromatic heterocycles. The van der Waals surface area contributed by atoms with Gasteiger partial charge in [-0.15, -0.1) is 0 Å². The van der Waals surface area contributed by atoms with E-state index in [4.69, 9.17) is 0 Å². The summed E-state index contributed by atoms with van der Waals surface area (Å²) in [7, 11) is 0. The van der Waals surface area contributed by atoms with Gasteiger partial charge in [0.1, 0.15) is 5.82 Å². The quantitative estimate of drug-likeness (QED) is 0.921. The van der Waals surface area contributed by atoms with Crippen LogP contribution in [0, 0.1) is 5.82 Å². The number of aliphatic hydroxyl groups excluding tert-OH is 1. The topological polar surface area (TPSA) is 36.4 Å². The van der Waals surface area contributed by atoms with Gasteiger partial charge in [-0.2, -0.15) is 0 Å². The molecule has 1 aliphatic rings. The highest BCUT2D eigenvalue weighted by Crippen LogP contribution is 2.28. The van der Waals surface area contributed by atoms with Gasteiger partial charge in [0.2, 0.25) is 0 Å². The normalized spacial score (nSPS) is 18.0. The zero-order chi connectivity index (χ0) is 16.1. The van der Waals surface area contributed by atoms with E-state index in [2.05, 4.69) is 9.88 Å². The van der Waals surface area contributed by atoms with E-state index >= 15 is 0 Å². The minimum absolute atomic E-state index is 0.139. The Labute approximate surface area is 136 Å². The van der Waals surface area contributed by atoms with Crippen LogP contribution in [0.2, 0.25) is 0 Å². The summed E-state index contributed by atoms with van der Waals surface area (Å²) in [5.74, 6) is 0.0395. The molecular formula is C19H23FN2O. The second-order valence-electron chi connectivity index (χ2n) is 6.25. The van der Waals surface area contributed by atoms with Gasteiger partial charge < -0.3 is 10.0 Å². The van der Waals surface area contributed by atoms with Crippen LogP contribution in [0.25, 0.3) is 0 Å². The number of halogens is 1. The zero-order valence-corrected chi connectivity index (χ0v) is 13.2. The summed E-state index contributed by atoms with van der Waals surface area (Å²) in [4.78, 5) is 6.50. The second kappa shape index (κ2) is 7.66. The van der Waals surface area contributed by atoms with Crippen molar-refractivity contribution in [2.75, 3.05) is 19.6 Å². The van der Waals surface area contributed by atoms with Crippen molar-refractivity contribution in [1.82, 2.24) is 9.88 Å². The highest BCUT2D eigenvalue weighted by molar-refractivity contribution is 5.31. The molecule has 1 atom stereocenters. The highest BCUT2D eigenvalue weighted by atomic mass is 19.1. The van der Waals surface area contributed by atoms with E-state index < -0.39 is 0 Å². The number of hydrogen-bond acceptors (Lipinski definition) is 3. The standard InChI is InChI=1S/C19H23FN2O/c20-17-3-1-15(2-4-17)19(16-5-10-21-11-6-16)9-14-22-12-7-18(23)8-13-22/h1-6,10-11,18-19,23H,7-9,12-14H2. The molecule has 2 aromatic rings. The lowest BCUT2D eigenvalue weighted by atomic mass is 9.88. The monoisotopic (exact) mass is 314 g/mol. The van der Waals surface area contributed by atoms with Crippen LogP contribution in [-0.2, 0) is 0 Å². The van der Waals surface area contributed by atoms with Gasteiger partial charge in [-0.3, -0.25) is 4.98 Å². The lowest BCUT2D eigenvalue weighted by molar-refractivity contribution is 0.0816. The number of nitrogens with zero attached hydrogens (tertiary/aromatic N) is 2. The van der Waals surface area contributed by atoms with Crippen LogP contribution < -0.4 is 0 Å². The molecule has 2 heterocycles. The Morgan fingerprint density at radius 2 is 1.65 bits per heavy atom. The maximum absolute atomic E-state index is 13.2. The Kier molecular flexibility index (Phi) is 5.36. The van der Waals surface area contributed by atoms with Gasteiger partial charge in [0.15, 0.2) is 0 Å². The first kappa shape index (κ1) is 16.1. The van der Waals surface area contributed by atoms with Crippen molar-refractivity contribution in [3.63, 3.8) is 0 Å². The summed E-state index contributed by atoms with van der Waals surface area (Å²) in [6.07, 6.45) is 6.17. The van der Waals surface area contributed by atoms with Gasteiger partial charge in [-0.05, 0) is 61.2 Å². The van der Waals surface area contributed by atoms with Gasteiger partial charge in [0.25, 0.3) is 0 Å². The van der Waals surface area contributed by atoms with Gasteiger partial charge in [0.05, 0.1) is 6.10 Å². The number of pyridine rings is 1. The van der Waals surface area contributed by atoms with Gasteiger partial charge in [-0.1, -0.05) is 12.1 Å². The van der Waals surface area contributed by atoms with E-state index in [9.17, 15) is 9.50 Å². The maximum Gasteiger partial charge on any atom is 0.123 e. The van der Waals surface area contributed by atoms with Crippen LogP contribution in [0.3, 0.4) is 0 Å². The van der Waals surface area contributed by atoms with Crippen LogP contribution >= 0.6 is 0 Å². The van der Waals surface area contributed by atoms with Crippen LogP contribution in [0.5, 0.6) is 0 Å². The molecule has 0 aliphatic carbocycles. The first-order chi connectivity index (χ1) is 11.2. The second-order valence-corrected chi connectivity index (χ2v) is 6.25. The van der Waals surface area contributed by atoms with E-state index in [0.29, 0.717) is 0 Å². The zero-order valence-electron chi connectivity index (χ0n) is 13.2. The van der Waals surface area contributed by atoms with Crippen LogP contribution in [0.15, 0.2) is 48.8 Å². The van der Waals surface area contributed by atoms with Crippen molar-refractivity contribution in [3.8, 4) is 0 Å². The van der Waals surface area contributed by atoms with E-state index in [-0.39, 0.29) is 17.8 Å². The average molecular weight is 314 g/mol. The third kappa shape index (κ3) is 4.36. The number of likely N-dealkylation sites (tertiary alicyclic amines) is 1. The summed E-state index contributed by atoms with van der Waals surface area (Å²) in [6.45, 7) is 2.89. The summed E-state index contributed by atoms with van der Waals surface area (Å²) in [5.41, 5.74) is 2.35. The Hall–Kier alpha value is -1.78. The molecule has 3 rings (SSSR count). The number of rotatable bonds is 5. The molecule has 0 saturated carbocycles. The summed E-state index contributed by atoms with van der Waals surface area (Å²) in [6, 6.07) is 10.9. The first-order valence-corrected chi connectivity index (χ1v) is 8.28. The van der Waals surface area contributed by atoms with Gasteiger partial charge in [-0.25, -0.2) is 4.39 Å². The van der Waals surface area contributed by atoms with E-state index in [0.717, 1.165) is 44.5 Å². The van der Waals surface area contributed by atoms with E-state index in [1.807, 2.05) is 36.7 Å². The lowest BCUT2D eigenvalue weighted by Gasteiger charge is -2.31. The SMILES string of the molecule is OC1CCN(CCC(c2ccncc2)c2ccc(F)cc2)CC1. The molecule has 0 amide bonds. The molecular weight excluding hydrogens is 291 g/mol. The molecule has 0 radical (unpaired) electrons. The maximum atomic E-state index is 13.2.